The Balaban J connectivity index is 2.08. The van der Waals surface area contributed by atoms with E-state index in [1.807, 2.05) is 13.8 Å². The Hall–Kier alpha value is -2.64. The lowest BCUT2D eigenvalue weighted by atomic mass is 9.91. The molecule has 7 heteroatoms. The number of halogens is 1. The van der Waals surface area contributed by atoms with Gasteiger partial charge in [0.1, 0.15) is 18.8 Å². The van der Waals surface area contributed by atoms with E-state index in [4.69, 9.17) is 9.72 Å². The molecule has 1 N–H and O–H groups in total. The molecule has 0 spiro atoms. The molecule has 0 bridgehead atoms. The quantitative estimate of drug-likeness (QED) is 0.782. The number of ether oxygens (including phenoxy) is 1. The topological polar surface area (TPSA) is 73.1 Å². The summed E-state index contributed by atoms with van der Waals surface area (Å²) in [5, 5.41) is 14.4. The van der Waals surface area contributed by atoms with Crippen molar-refractivity contribution in [3.63, 3.8) is 0 Å². The summed E-state index contributed by atoms with van der Waals surface area (Å²) in [6.45, 7) is 4.52. The maximum atomic E-state index is 13.4. The van der Waals surface area contributed by atoms with Crippen LogP contribution in [0.25, 0.3) is 16.9 Å². The van der Waals surface area contributed by atoms with Crippen LogP contribution in [0.2, 0.25) is 0 Å². The average molecular weight is 354 g/mol. The van der Waals surface area contributed by atoms with Gasteiger partial charge in [-0.25, -0.2) is 14.4 Å². The van der Waals surface area contributed by atoms with E-state index in [1.54, 1.807) is 16.8 Å². The zero-order valence-electron chi connectivity index (χ0n) is 14.6. The normalized spacial score (nSPS) is 13.4. The van der Waals surface area contributed by atoms with Crippen molar-refractivity contribution in [1.29, 1.82) is 0 Å². The van der Waals surface area contributed by atoms with Gasteiger partial charge >= 0.3 is 0 Å². The van der Waals surface area contributed by atoms with Crippen molar-refractivity contribution in [1.82, 2.24) is 19.7 Å². The Labute approximate surface area is 150 Å². The van der Waals surface area contributed by atoms with Gasteiger partial charge in [0.05, 0.1) is 18.9 Å². The fourth-order valence-corrected chi connectivity index (χ4v) is 3.37. The molecule has 0 aliphatic carbocycles. The largest absolute Gasteiger partial charge is 0.392 e. The van der Waals surface area contributed by atoms with Crippen molar-refractivity contribution in [2.75, 3.05) is 0 Å². The Bertz CT molecular complexity index is 951. The van der Waals surface area contributed by atoms with Crippen molar-refractivity contribution in [3.05, 3.63) is 59.1 Å². The van der Waals surface area contributed by atoms with Gasteiger partial charge in [0.15, 0.2) is 11.6 Å². The van der Waals surface area contributed by atoms with Gasteiger partial charge in [-0.15, -0.1) is 0 Å². The molecule has 1 aliphatic rings. The number of aromatic nitrogens is 4. The van der Waals surface area contributed by atoms with Crippen molar-refractivity contribution in [2.45, 2.75) is 39.6 Å². The van der Waals surface area contributed by atoms with E-state index < -0.39 is 0 Å². The fourth-order valence-electron chi connectivity index (χ4n) is 3.37. The Morgan fingerprint density at radius 2 is 2.00 bits per heavy atom. The van der Waals surface area contributed by atoms with E-state index >= 15 is 0 Å². The molecule has 6 nitrogen and oxygen atoms in total. The molecule has 0 radical (unpaired) electrons. The van der Waals surface area contributed by atoms with Crippen LogP contribution in [0.5, 0.6) is 0 Å². The Morgan fingerprint density at radius 1 is 1.23 bits per heavy atom. The van der Waals surface area contributed by atoms with Gasteiger partial charge in [0.2, 0.25) is 0 Å². The maximum Gasteiger partial charge on any atom is 0.162 e. The highest BCUT2D eigenvalue weighted by molar-refractivity contribution is 5.74. The molecule has 134 valence electrons. The number of fused-ring (bicyclic) bond motifs is 3. The number of hydrogen-bond donors (Lipinski definition) is 1. The van der Waals surface area contributed by atoms with Crippen LogP contribution in [0.15, 0.2) is 30.6 Å². The molecule has 1 aliphatic heterocycles. The van der Waals surface area contributed by atoms with Crippen LogP contribution in [0.4, 0.5) is 4.39 Å². The van der Waals surface area contributed by atoms with E-state index in [9.17, 15) is 9.50 Å². The number of aliphatic hydroxyl groups is 1. The maximum absolute atomic E-state index is 13.4. The summed E-state index contributed by atoms with van der Waals surface area (Å²) in [5.74, 6) is 1.11. The fraction of sp³-hybridized carbons (Fsp3) is 0.316. The predicted octanol–water partition coefficient (Wildman–Crippen LogP) is 3.11. The predicted molar refractivity (Wildman–Crippen MR) is 93.1 cm³/mol. The van der Waals surface area contributed by atoms with Gasteiger partial charge in [-0.05, 0) is 29.2 Å². The monoisotopic (exact) mass is 354 g/mol. The molecule has 0 saturated carbocycles. The highest BCUT2D eigenvalue weighted by Crippen LogP contribution is 2.37. The van der Waals surface area contributed by atoms with Gasteiger partial charge in [0.25, 0.3) is 0 Å². The SMILES string of the molecule is CC(C)c1nc2c(c(-c3ccc(F)cc3)c1CO)COCc1ncnn1-2. The second-order valence-corrected chi connectivity index (χ2v) is 6.55. The van der Waals surface area contributed by atoms with E-state index in [0.717, 1.165) is 27.9 Å². The average Bonchev–Trinajstić information content (AvgIpc) is 3.03. The van der Waals surface area contributed by atoms with Crippen LogP contribution in [0, 0.1) is 5.82 Å². The van der Waals surface area contributed by atoms with Crippen LogP contribution < -0.4 is 0 Å². The second kappa shape index (κ2) is 6.59. The lowest BCUT2D eigenvalue weighted by Crippen LogP contribution is -2.13. The summed E-state index contributed by atoms with van der Waals surface area (Å²) < 4.78 is 20.9. The van der Waals surface area contributed by atoms with Crippen LogP contribution in [-0.4, -0.2) is 24.9 Å². The number of rotatable bonds is 3. The first-order valence-electron chi connectivity index (χ1n) is 8.49. The number of aliphatic hydroxyl groups excluding tert-OH is 1. The molecule has 4 rings (SSSR count). The molecule has 3 aromatic rings. The number of pyridine rings is 1. The van der Waals surface area contributed by atoms with E-state index in [-0.39, 0.29) is 18.3 Å². The summed E-state index contributed by atoms with van der Waals surface area (Å²) in [4.78, 5) is 9.04. The zero-order valence-corrected chi connectivity index (χ0v) is 14.6. The first-order chi connectivity index (χ1) is 12.6. The van der Waals surface area contributed by atoms with Crippen molar-refractivity contribution in [3.8, 4) is 16.9 Å². The van der Waals surface area contributed by atoms with Crippen LogP contribution in [-0.2, 0) is 24.6 Å². The highest BCUT2D eigenvalue weighted by atomic mass is 19.1. The first kappa shape index (κ1) is 16.8. The minimum absolute atomic E-state index is 0.0952. The molecule has 3 heterocycles. The zero-order chi connectivity index (χ0) is 18.3. The van der Waals surface area contributed by atoms with Crippen molar-refractivity contribution >= 4 is 0 Å². The molecule has 2 aromatic heterocycles. The number of benzene rings is 1. The second-order valence-electron chi connectivity index (χ2n) is 6.55. The highest BCUT2D eigenvalue weighted by Gasteiger charge is 2.26. The van der Waals surface area contributed by atoms with Crippen LogP contribution in [0.1, 0.15) is 42.4 Å². The Morgan fingerprint density at radius 3 is 2.69 bits per heavy atom. The van der Waals surface area contributed by atoms with Gasteiger partial charge in [-0.2, -0.15) is 9.78 Å². The van der Waals surface area contributed by atoms with Crippen molar-refractivity contribution < 1.29 is 14.2 Å². The molecule has 1 aromatic carbocycles. The lowest BCUT2D eigenvalue weighted by Gasteiger charge is -2.21. The lowest BCUT2D eigenvalue weighted by molar-refractivity contribution is 0.105. The molecule has 0 saturated heterocycles. The summed E-state index contributed by atoms with van der Waals surface area (Å²) in [5.41, 5.74) is 3.97. The standard InChI is InChI=1S/C19H19FN4O2/c1-11(2)18-14(7-25)17(12-3-5-13(20)6-4-12)15-8-26-9-16-21-10-22-24(16)19(15)23-18/h3-6,10-11,25H,7-9H2,1-2H3. The molecular formula is C19H19FN4O2. The smallest absolute Gasteiger partial charge is 0.162 e. The first-order valence-corrected chi connectivity index (χ1v) is 8.49. The summed E-state index contributed by atoms with van der Waals surface area (Å²) in [6.07, 6.45) is 1.47. The third-order valence-electron chi connectivity index (χ3n) is 4.54. The molecule has 0 atom stereocenters. The number of nitrogens with zero attached hydrogens (tertiary/aromatic N) is 4. The minimum Gasteiger partial charge on any atom is -0.392 e. The van der Waals surface area contributed by atoms with Gasteiger partial charge in [-0.3, -0.25) is 0 Å². The summed E-state index contributed by atoms with van der Waals surface area (Å²) in [7, 11) is 0. The van der Waals surface area contributed by atoms with Crippen LogP contribution in [0.3, 0.4) is 0 Å². The summed E-state index contributed by atoms with van der Waals surface area (Å²) >= 11 is 0. The minimum atomic E-state index is -0.307. The van der Waals surface area contributed by atoms with Gasteiger partial charge in [0, 0.05) is 11.1 Å². The van der Waals surface area contributed by atoms with E-state index in [2.05, 4.69) is 10.1 Å². The molecule has 0 unspecified atom stereocenters. The van der Waals surface area contributed by atoms with Crippen molar-refractivity contribution in [2.24, 2.45) is 0 Å². The van der Waals surface area contributed by atoms with E-state index in [1.165, 1.54) is 18.5 Å². The van der Waals surface area contributed by atoms with Gasteiger partial charge in [-0.1, -0.05) is 26.0 Å². The third-order valence-corrected chi connectivity index (χ3v) is 4.54. The van der Waals surface area contributed by atoms with Gasteiger partial charge < -0.3 is 9.84 Å². The van der Waals surface area contributed by atoms with E-state index in [0.29, 0.717) is 24.9 Å². The third kappa shape index (κ3) is 2.69. The number of hydrogen-bond acceptors (Lipinski definition) is 5. The molecule has 26 heavy (non-hydrogen) atoms. The molecular weight excluding hydrogens is 335 g/mol. The van der Waals surface area contributed by atoms with Crippen LogP contribution >= 0.6 is 0 Å². The molecule has 0 fully saturated rings. The summed E-state index contributed by atoms with van der Waals surface area (Å²) in [6, 6.07) is 6.25. The Kier molecular flexibility index (Phi) is 4.26. The molecule has 0 amide bonds.